The van der Waals surface area contributed by atoms with Gasteiger partial charge in [-0.25, -0.2) is 0 Å². The summed E-state index contributed by atoms with van der Waals surface area (Å²) in [5, 5.41) is 19.5. The first-order valence-corrected chi connectivity index (χ1v) is 6.75. The van der Waals surface area contributed by atoms with Gasteiger partial charge in [0.15, 0.2) is 0 Å². The molecule has 0 fully saturated rings. The summed E-state index contributed by atoms with van der Waals surface area (Å²) in [5.41, 5.74) is 1.04. The van der Waals surface area contributed by atoms with Crippen molar-refractivity contribution in [2.75, 3.05) is 40.5 Å². The zero-order valence-corrected chi connectivity index (χ0v) is 12.5. The number of hydrogen-bond donors (Lipinski definition) is 2. The zero-order chi connectivity index (χ0) is 15.0. The molecule has 1 aromatic carbocycles. The Hall–Kier alpha value is -1.14. The monoisotopic (exact) mass is 283 g/mol. The second kappa shape index (κ2) is 8.92. The molecule has 20 heavy (non-hydrogen) atoms. The summed E-state index contributed by atoms with van der Waals surface area (Å²) in [5.74, 6) is 0.786. The molecule has 0 aliphatic carbocycles. The quantitative estimate of drug-likeness (QED) is 0.697. The molecule has 0 bridgehead atoms. The van der Waals surface area contributed by atoms with Gasteiger partial charge in [-0.05, 0) is 25.6 Å². The van der Waals surface area contributed by atoms with Gasteiger partial charge in [-0.2, -0.15) is 0 Å². The molecule has 0 saturated heterocycles. The first-order chi connectivity index (χ1) is 9.52. The van der Waals surface area contributed by atoms with Crippen LogP contribution in [0.25, 0.3) is 0 Å². The molecule has 0 aliphatic rings. The highest BCUT2D eigenvalue weighted by molar-refractivity contribution is 5.31. The van der Waals surface area contributed by atoms with E-state index in [9.17, 15) is 10.2 Å². The smallest absolute Gasteiger partial charge is 0.122 e. The molecule has 2 unspecified atom stereocenters. The van der Waals surface area contributed by atoms with E-state index in [-0.39, 0.29) is 6.61 Å². The lowest BCUT2D eigenvalue weighted by atomic mass is 10.2. The van der Waals surface area contributed by atoms with Crippen LogP contribution in [0.3, 0.4) is 0 Å². The number of aliphatic hydroxyl groups is 2. The van der Waals surface area contributed by atoms with E-state index in [4.69, 9.17) is 9.47 Å². The van der Waals surface area contributed by atoms with E-state index in [1.807, 2.05) is 43.1 Å². The van der Waals surface area contributed by atoms with Gasteiger partial charge in [0.05, 0.1) is 12.7 Å². The summed E-state index contributed by atoms with van der Waals surface area (Å²) in [4.78, 5) is 1.86. The van der Waals surface area contributed by atoms with E-state index in [2.05, 4.69) is 0 Å². The Morgan fingerprint density at radius 1 is 1.10 bits per heavy atom. The Kier molecular flexibility index (Phi) is 7.54. The third kappa shape index (κ3) is 6.34. The third-order valence-corrected chi connectivity index (χ3v) is 2.93. The molecule has 0 radical (unpaired) electrons. The van der Waals surface area contributed by atoms with Crippen LogP contribution < -0.4 is 4.74 Å². The summed E-state index contributed by atoms with van der Waals surface area (Å²) in [6, 6.07) is 7.70. The van der Waals surface area contributed by atoms with Gasteiger partial charge in [0.25, 0.3) is 0 Å². The second-order valence-electron chi connectivity index (χ2n) is 5.06. The number of rotatable bonds is 9. The lowest BCUT2D eigenvalue weighted by Crippen LogP contribution is -2.38. The molecule has 2 atom stereocenters. The Morgan fingerprint density at radius 2 is 1.70 bits per heavy atom. The molecular weight excluding hydrogens is 258 g/mol. The molecule has 0 heterocycles. The maximum Gasteiger partial charge on any atom is 0.122 e. The molecule has 0 amide bonds. The van der Waals surface area contributed by atoms with Gasteiger partial charge in [-0.3, -0.25) is 0 Å². The van der Waals surface area contributed by atoms with Crippen LogP contribution >= 0.6 is 0 Å². The average Bonchev–Trinajstić information content (AvgIpc) is 2.37. The number of para-hydroxylation sites is 1. The van der Waals surface area contributed by atoms with E-state index in [1.54, 1.807) is 7.11 Å². The highest BCUT2D eigenvalue weighted by atomic mass is 16.5. The van der Waals surface area contributed by atoms with E-state index >= 15 is 0 Å². The number of likely N-dealkylation sites (N-methyl/N-ethyl adjacent to an activating group) is 1. The molecular formula is C15H25NO4. The summed E-state index contributed by atoms with van der Waals surface area (Å²) in [6.07, 6.45) is -1.15. The lowest BCUT2D eigenvalue weighted by Gasteiger charge is -2.23. The molecule has 2 N–H and O–H groups in total. The number of ether oxygens (including phenoxy) is 2. The second-order valence-corrected chi connectivity index (χ2v) is 5.06. The van der Waals surface area contributed by atoms with Crippen molar-refractivity contribution in [3.63, 3.8) is 0 Å². The Bertz CT molecular complexity index is 386. The summed E-state index contributed by atoms with van der Waals surface area (Å²) in [7, 11) is 3.39. The molecule has 0 saturated carbocycles. The number of aryl methyl sites for hydroxylation is 1. The van der Waals surface area contributed by atoms with Crippen LogP contribution in [0.1, 0.15) is 5.56 Å². The van der Waals surface area contributed by atoms with Crippen molar-refractivity contribution in [3.8, 4) is 5.75 Å². The lowest BCUT2D eigenvalue weighted by molar-refractivity contribution is 0.0242. The minimum atomic E-state index is -0.602. The summed E-state index contributed by atoms with van der Waals surface area (Å²) < 4.78 is 10.5. The van der Waals surface area contributed by atoms with Crippen LogP contribution in [0, 0.1) is 6.92 Å². The fourth-order valence-electron chi connectivity index (χ4n) is 2.00. The van der Waals surface area contributed by atoms with Crippen LogP contribution in [-0.2, 0) is 4.74 Å². The van der Waals surface area contributed by atoms with Gasteiger partial charge in [0.2, 0.25) is 0 Å². The van der Waals surface area contributed by atoms with Crippen molar-refractivity contribution >= 4 is 0 Å². The molecule has 5 heteroatoms. The van der Waals surface area contributed by atoms with Crippen LogP contribution in [0.5, 0.6) is 5.75 Å². The van der Waals surface area contributed by atoms with E-state index < -0.39 is 12.2 Å². The fourth-order valence-corrected chi connectivity index (χ4v) is 2.00. The number of hydrogen-bond acceptors (Lipinski definition) is 5. The van der Waals surface area contributed by atoms with Crippen molar-refractivity contribution in [2.24, 2.45) is 0 Å². The highest BCUT2D eigenvalue weighted by Gasteiger charge is 2.13. The molecule has 0 aromatic heterocycles. The average molecular weight is 283 g/mol. The molecule has 0 aliphatic heterocycles. The van der Waals surface area contributed by atoms with Gasteiger partial charge < -0.3 is 24.6 Å². The topological polar surface area (TPSA) is 62.2 Å². The Morgan fingerprint density at radius 3 is 2.30 bits per heavy atom. The van der Waals surface area contributed by atoms with Gasteiger partial charge in [0.1, 0.15) is 18.5 Å². The van der Waals surface area contributed by atoms with Crippen LogP contribution in [-0.4, -0.2) is 67.8 Å². The molecule has 114 valence electrons. The molecule has 1 aromatic rings. The SMILES string of the molecule is COCC(O)CN(C)CC(O)COc1ccccc1C. The summed E-state index contributed by atoms with van der Waals surface area (Å²) >= 11 is 0. The molecule has 5 nitrogen and oxygen atoms in total. The predicted octanol–water partition coefficient (Wildman–Crippen LogP) is 0.674. The van der Waals surface area contributed by atoms with Gasteiger partial charge in [-0.15, -0.1) is 0 Å². The molecule has 0 spiro atoms. The number of methoxy groups -OCH3 is 1. The summed E-state index contributed by atoms with van der Waals surface area (Å²) in [6.45, 7) is 3.38. The van der Waals surface area contributed by atoms with Crippen molar-refractivity contribution in [1.82, 2.24) is 4.90 Å². The maximum atomic E-state index is 9.94. The van der Waals surface area contributed by atoms with E-state index in [0.29, 0.717) is 19.7 Å². The largest absolute Gasteiger partial charge is 0.491 e. The Labute approximate surface area is 120 Å². The number of nitrogens with zero attached hydrogens (tertiary/aromatic N) is 1. The van der Waals surface area contributed by atoms with E-state index in [1.165, 1.54) is 0 Å². The van der Waals surface area contributed by atoms with E-state index in [0.717, 1.165) is 11.3 Å². The van der Waals surface area contributed by atoms with Crippen molar-refractivity contribution in [1.29, 1.82) is 0 Å². The fraction of sp³-hybridized carbons (Fsp3) is 0.600. The normalized spacial score (nSPS) is 14.3. The Balaban J connectivity index is 2.29. The van der Waals surface area contributed by atoms with Gasteiger partial charge in [-0.1, -0.05) is 18.2 Å². The van der Waals surface area contributed by atoms with Crippen LogP contribution in [0.15, 0.2) is 24.3 Å². The van der Waals surface area contributed by atoms with Gasteiger partial charge in [0, 0.05) is 20.2 Å². The minimum absolute atomic E-state index is 0.232. The number of benzene rings is 1. The van der Waals surface area contributed by atoms with Crippen LogP contribution in [0.4, 0.5) is 0 Å². The van der Waals surface area contributed by atoms with Crippen molar-refractivity contribution in [2.45, 2.75) is 19.1 Å². The first kappa shape index (κ1) is 16.9. The maximum absolute atomic E-state index is 9.94. The van der Waals surface area contributed by atoms with Crippen molar-refractivity contribution in [3.05, 3.63) is 29.8 Å². The molecule has 1 rings (SSSR count). The third-order valence-electron chi connectivity index (χ3n) is 2.93. The first-order valence-electron chi connectivity index (χ1n) is 6.75. The highest BCUT2D eigenvalue weighted by Crippen LogP contribution is 2.16. The van der Waals surface area contributed by atoms with Gasteiger partial charge >= 0.3 is 0 Å². The number of aliphatic hydroxyl groups excluding tert-OH is 2. The standard InChI is InChI=1S/C15H25NO4/c1-12-6-4-5-7-15(12)20-11-14(18)9-16(2)8-13(17)10-19-3/h4-7,13-14,17-18H,8-11H2,1-3H3. The predicted molar refractivity (Wildman–Crippen MR) is 78.1 cm³/mol. The minimum Gasteiger partial charge on any atom is -0.491 e. The zero-order valence-electron chi connectivity index (χ0n) is 12.5. The van der Waals surface area contributed by atoms with Crippen LogP contribution in [0.2, 0.25) is 0 Å². The van der Waals surface area contributed by atoms with Crippen molar-refractivity contribution < 1.29 is 19.7 Å².